The number of carboxylic acid groups (broad SMARTS) is 2. The van der Waals surface area contributed by atoms with E-state index in [4.69, 9.17) is 10.4 Å². The summed E-state index contributed by atoms with van der Waals surface area (Å²) in [5.41, 5.74) is 1.00. The molecule has 0 aliphatic rings. The molecule has 8 heteroatoms. The Morgan fingerprint density at radius 3 is 2.32 bits per heavy atom. The second-order valence-corrected chi connectivity index (χ2v) is 5.38. The highest BCUT2D eigenvalue weighted by Crippen LogP contribution is 2.13. The van der Waals surface area contributed by atoms with Gasteiger partial charge in [-0.3, -0.25) is 9.59 Å². The highest BCUT2D eigenvalue weighted by Gasteiger charge is 2.21. The molecule has 1 aromatic carbocycles. The third kappa shape index (κ3) is 6.91. The Kier molecular flexibility index (Phi) is 7.93. The van der Waals surface area contributed by atoms with Crippen molar-refractivity contribution >= 4 is 23.5 Å². The average molecular weight is 347 g/mol. The lowest BCUT2D eigenvalue weighted by Gasteiger charge is -2.21. The third-order valence-corrected chi connectivity index (χ3v) is 3.63. The number of amides is 1. The van der Waals surface area contributed by atoms with Gasteiger partial charge in [0.1, 0.15) is 6.04 Å². The van der Waals surface area contributed by atoms with E-state index in [9.17, 15) is 19.5 Å². The van der Waals surface area contributed by atoms with Gasteiger partial charge in [-0.05, 0) is 37.6 Å². The molecular formula is C17H21N3O5. The molecule has 0 saturated heterocycles. The molecule has 0 heterocycles. The van der Waals surface area contributed by atoms with Crippen LogP contribution in [-0.4, -0.2) is 52.1 Å². The molecule has 3 N–H and O–H groups in total. The summed E-state index contributed by atoms with van der Waals surface area (Å²) >= 11 is 0. The number of rotatable bonds is 10. The fraction of sp³-hybridized carbons (Fsp3) is 0.412. The zero-order chi connectivity index (χ0) is 18.8. The van der Waals surface area contributed by atoms with Crippen LogP contribution in [0.15, 0.2) is 24.3 Å². The van der Waals surface area contributed by atoms with Gasteiger partial charge in [0.05, 0.1) is 18.1 Å². The van der Waals surface area contributed by atoms with Crippen LogP contribution >= 0.6 is 0 Å². The Morgan fingerprint density at radius 1 is 1.20 bits per heavy atom. The smallest absolute Gasteiger partial charge is 0.326 e. The number of anilines is 1. The van der Waals surface area contributed by atoms with Crippen molar-refractivity contribution in [1.29, 1.82) is 5.26 Å². The molecule has 134 valence electrons. The van der Waals surface area contributed by atoms with Gasteiger partial charge >= 0.3 is 11.9 Å². The Hall–Kier alpha value is -3.08. The Morgan fingerprint density at radius 2 is 1.84 bits per heavy atom. The molecule has 1 aromatic rings. The molecule has 0 aliphatic heterocycles. The van der Waals surface area contributed by atoms with Gasteiger partial charge in [-0.1, -0.05) is 0 Å². The Labute approximate surface area is 145 Å². The van der Waals surface area contributed by atoms with Crippen LogP contribution in [0.3, 0.4) is 0 Å². The monoisotopic (exact) mass is 347 g/mol. The summed E-state index contributed by atoms with van der Waals surface area (Å²) in [7, 11) is 0. The van der Waals surface area contributed by atoms with Crippen molar-refractivity contribution in [3.63, 3.8) is 0 Å². The van der Waals surface area contributed by atoms with Gasteiger partial charge in [-0.25, -0.2) is 4.79 Å². The minimum Gasteiger partial charge on any atom is -0.481 e. The van der Waals surface area contributed by atoms with Crippen molar-refractivity contribution < 1.29 is 24.6 Å². The van der Waals surface area contributed by atoms with Gasteiger partial charge in [0, 0.05) is 25.2 Å². The molecule has 25 heavy (non-hydrogen) atoms. The van der Waals surface area contributed by atoms with Crippen molar-refractivity contribution in [1.82, 2.24) is 4.90 Å². The number of nitrogens with zero attached hydrogens (tertiary/aromatic N) is 2. The van der Waals surface area contributed by atoms with Crippen LogP contribution in [0, 0.1) is 11.3 Å². The molecule has 1 amide bonds. The second kappa shape index (κ2) is 9.93. The number of nitriles is 1. The number of hydrogen-bond acceptors (Lipinski definition) is 5. The molecule has 0 fully saturated rings. The molecule has 0 spiro atoms. The van der Waals surface area contributed by atoms with E-state index in [0.717, 1.165) is 0 Å². The minimum atomic E-state index is -1.09. The van der Waals surface area contributed by atoms with Crippen LogP contribution in [0.5, 0.6) is 0 Å². The number of aliphatic carboxylic acids is 2. The van der Waals surface area contributed by atoms with Gasteiger partial charge in [0.2, 0.25) is 5.91 Å². The van der Waals surface area contributed by atoms with Crippen LogP contribution in [0.4, 0.5) is 5.69 Å². The predicted molar refractivity (Wildman–Crippen MR) is 89.9 cm³/mol. The molecule has 0 bridgehead atoms. The number of carbonyl (C=O) groups is 3. The fourth-order valence-corrected chi connectivity index (χ4v) is 2.22. The first-order valence-electron chi connectivity index (χ1n) is 7.86. The van der Waals surface area contributed by atoms with E-state index in [0.29, 0.717) is 17.8 Å². The molecule has 8 nitrogen and oxygen atoms in total. The van der Waals surface area contributed by atoms with Crippen LogP contribution in [0.1, 0.15) is 31.7 Å². The molecular weight excluding hydrogens is 326 g/mol. The first-order chi connectivity index (χ1) is 11.9. The maximum absolute atomic E-state index is 12.1. The largest absolute Gasteiger partial charge is 0.481 e. The minimum absolute atomic E-state index is 0.00625. The normalized spacial score (nSPS) is 11.2. The SMILES string of the molecule is CCN(CCC(=O)O)C(=O)CC[C@H](Nc1ccc(C#N)cc1)C(=O)O. The highest BCUT2D eigenvalue weighted by atomic mass is 16.4. The first kappa shape index (κ1) is 20.0. The quantitative estimate of drug-likeness (QED) is 0.585. The second-order valence-electron chi connectivity index (χ2n) is 5.38. The Bertz CT molecular complexity index is 651. The first-order valence-corrected chi connectivity index (χ1v) is 7.86. The molecule has 0 saturated carbocycles. The predicted octanol–water partition coefficient (Wildman–Crippen LogP) is 1.53. The van der Waals surface area contributed by atoms with Crippen molar-refractivity contribution in [3.8, 4) is 6.07 Å². The lowest BCUT2D eigenvalue weighted by molar-refractivity contribution is -0.138. The molecule has 0 radical (unpaired) electrons. The number of benzene rings is 1. The van der Waals surface area contributed by atoms with Gasteiger partial charge in [0.15, 0.2) is 0 Å². The molecule has 0 aliphatic carbocycles. The third-order valence-electron chi connectivity index (χ3n) is 3.63. The highest BCUT2D eigenvalue weighted by molar-refractivity contribution is 5.80. The lowest BCUT2D eigenvalue weighted by Crippen LogP contribution is -2.35. The van der Waals surface area contributed by atoms with E-state index < -0.39 is 18.0 Å². The molecule has 1 atom stereocenters. The topological polar surface area (TPSA) is 131 Å². The summed E-state index contributed by atoms with van der Waals surface area (Å²) in [4.78, 5) is 35.5. The summed E-state index contributed by atoms with van der Waals surface area (Å²) in [5, 5.41) is 29.6. The van der Waals surface area contributed by atoms with Crippen LogP contribution in [-0.2, 0) is 14.4 Å². The van der Waals surface area contributed by atoms with Crippen LogP contribution in [0.25, 0.3) is 0 Å². The summed E-state index contributed by atoms with van der Waals surface area (Å²) in [5.74, 6) is -2.36. The van der Waals surface area contributed by atoms with Gasteiger partial charge in [-0.15, -0.1) is 0 Å². The van der Waals surface area contributed by atoms with Crippen molar-refractivity contribution in [2.24, 2.45) is 0 Å². The van der Waals surface area contributed by atoms with Gasteiger partial charge in [-0.2, -0.15) is 5.26 Å². The van der Waals surface area contributed by atoms with E-state index in [-0.39, 0.29) is 31.7 Å². The fourth-order valence-electron chi connectivity index (χ4n) is 2.22. The standard InChI is InChI=1S/C17H21N3O5/c1-2-20(10-9-16(22)23)15(21)8-7-14(17(24)25)19-13-5-3-12(11-18)4-6-13/h3-6,14,19H,2,7-10H2,1H3,(H,22,23)(H,24,25)/t14-/m0/s1. The molecule has 0 aromatic heterocycles. The van der Waals surface area contributed by atoms with Crippen LogP contribution in [0.2, 0.25) is 0 Å². The van der Waals surface area contributed by atoms with Crippen molar-refractivity contribution in [3.05, 3.63) is 29.8 Å². The zero-order valence-electron chi connectivity index (χ0n) is 13.9. The van der Waals surface area contributed by atoms with Crippen molar-refractivity contribution in [2.45, 2.75) is 32.2 Å². The van der Waals surface area contributed by atoms with E-state index in [2.05, 4.69) is 5.32 Å². The van der Waals surface area contributed by atoms with E-state index in [1.54, 1.807) is 31.2 Å². The number of nitrogens with one attached hydrogen (secondary N) is 1. The van der Waals surface area contributed by atoms with Gasteiger partial charge < -0.3 is 20.4 Å². The Balaban J connectivity index is 2.62. The summed E-state index contributed by atoms with van der Waals surface area (Å²) < 4.78 is 0. The lowest BCUT2D eigenvalue weighted by atomic mass is 10.1. The molecule has 0 unspecified atom stereocenters. The van der Waals surface area contributed by atoms with Crippen LogP contribution < -0.4 is 5.32 Å². The maximum Gasteiger partial charge on any atom is 0.326 e. The average Bonchev–Trinajstić information content (AvgIpc) is 2.59. The zero-order valence-corrected chi connectivity index (χ0v) is 13.9. The molecule has 1 rings (SSSR count). The number of carboxylic acids is 2. The van der Waals surface area contributed by atoms with E-state index in [1.165, 1.54) is 4.90 Å². The maximum atomic E-state index is 12.1. The number of hydrogen-bond donors (Lipinski definition) is 3. The van der Waals surface area contributed by atoms with E-state index >= 15 is 0 Å². The number of carbonyl (C=O) groups excluding carboxylic acids is 1. The summed E-state index contributed by atoms with van der Waals surface area (Å²) in [6.07, 6.45) is -0.0864. The summed E-state index contributed by atoms with van der Waals surface area (Å²) in [6.45, 7) is 2.21. The van der Waals surface area contributed by atoms with Gasteiger partial charge in [0.25, 0.3) is 0 Å². The van der Waals surface area contributed by atoms with Crippen molar-refractivity contribution in [2.75, 3.05) is 18.4 Å². The summed E-state index contributed by atoms with van der Waals surface area (Å²) in [6, 6.07) is 7.34. The van der Waals surface area contributed by atoms with E-state index in [1.807, 2.05) is 6.07 Å².